The summed E-state index contributed by atoms with van der Waals surface area (Å²) in [5.74, 6) is -0.519. The van der Waals surface area contributed by atoms with Gasteiger partial charge in [-0.3, -0.25) is 9.78 Å². The van der Waals surface area contributed by atoms with Gasteiger partial charge >= 0.3 is 6.18 Å². The molecule has 0 bridgehead atoms. The maximum Gasteiger partial charge on any atom is 0.433 e. The highest BCUT2D eigenvalue weighted by molar-refractivity contribution is 6.31. The Bertz CT molecular complexity index is 1130. The summed E-state index contributed by atoms with van der Waals surface area (Å²) in [4.78, 5) is 22.1. The Morgan fingerprint density at radius 1 is 1.23 bits per heavy atom. The molecule has 2 fully saturated rings. The number of hydrogen-bond acceptors (Lipinski definition) is 5. The molecule has 2 aromatic heterocycles. The fraction of sp³-hybridized carbons (Fsp3) is 0.350. The molecule has 6 nitrogen and oxygen atoms in total. The fourth-order valence-electron chi connectivity index (χ4n) is 4.26. The van der Waals surface area contributed by atoms with E-state index in [1.165, 1.54) is 6.07 Å². The number of fused-ring (bicyclic) bond motifs is 1. The number of oxazole rings is 1. The molecule has 1 aliphatic carbocycles. The Morgan fingerprint density at radius 3 is 2.73 bits per heavy atom. The highest BCUT2D eigenvalue weighted by Crippen LogP contribution is 2.49. The van der Waals surface area contributed by atoms with E-state index in [9.17, 15) is 18.0 Å². The molecule has 10 heteroatoms. The largest absolute Gasteiger partial charge is 0.433 e. The van der Waals surface area contributed by atoms with Crippen molar-refractivity contribution in [3.05, 3.63) is 52.8 Å². The number of benzene rings is 1. The third kappa shape index (κ3) is 3.36. The quantitative estimate of drug-likeness (QED) is 0.663. The first-order valence-electron chi connectivity index (χ1n) is 9.36. The first kappa shape index (κ1) is 19.2. The molecule has 1 amide bonds. The highest BCUT2D eigenvalue weighted by atomic mass is 35.5. The fourth-order valence-corrected chi connectivity index (χ4v) is 4.43. The van der Waals surface area contributed by atoms with Crippen LogP contribution in [0.5, 0.6) is 0 Å². The minimum absolute atomic E-state index is 0.0429. The number of rotatable bonds is 3. The molecular formula is C20H16ClF3N4O2. The molecule has 1 spiro atoms. The molecule has 156 valence electrons. The van der Waals surface area contributed by atoms with E-state index in [1.54, 1.807) is 18.2 Å². The van der Waals surface area contributed by atoms with Crippen LogP contribution in [0.25, 0.3) is 11.1 Å². The molecule has 1 saturated carbocycles. The van der Waals surface area contributed by atoms with Crippen LogP contribution in [0.1, 0.15) is 28.9 Å². The number of pyridine rings is 1. The molecule has 30 heavy (non-hydrogen) atoms. The minimum Gasteiger partial charge on any atom is -0.423 e. The van der Waals surface area contributed by atoms with Crippen molar-refractivity contribution in [2.45, 2.75) is 25.1 Å². The molecule has 0 radical (unpaired) electrons. The van der Waals surface area contributed by atoms with E-state index in [2.05, 4.69) is 15.3 Å². The lowest BCUT2D eigenvalue weighted by Crippen LogP contribution is -2.66. The van der Waals surface area contributed by atoms with Gasteiger partial charge < -0.3 is 14.6 Å². The first-order valence-corrected chi connectivity index (χ1v) is 9.74. The van der Waals surface area contributed by atoms with Gasteiger partial charge in [0, 0.05) is 41.3 Å². The highest BCUT2D eigenvalue weighted by Gasteiger charge is 2.53. The van der Waals surface area contributed by atoms with Gasteiger partial charge in [-0.1, -0.05) is 11.6 Å². The van der Waals surface area contributed by atoms with Gasteiger partial charge in [0.05, 0.1) is 0 Å². The molecule has 5 rings (SSSR count). The van der Waals surface area contributed by atoms with Gasteiger partial charge in [0.25, 0.3) is 11.9 Å². The van der Waals surface area contributed by atoms with Gasteiger partial charge in [-0.25, -0.2) is 0 Å². The Kier molecular flexibility index (Phi) is 4.22. The summed E-state index contributed by atoms with van der Waals surface area (Å²) in [6.07, 6.45) is -2.06. The molecule has 3 heterocycles. The number of nitrogens with one attached hydrogen (secondary N) is 1. The molecule has 1 saturated heterocycles. The summed E-state index contributed by atoms with van der Waals surface area (Å²) >= 11 is 5.98. The topological polar surface area (TPSA) is 71.3 Å². The van der Waals surface area contributed by atoms with Crippen LogP contribution < -0.4 is 10.2 Å². The van der Waals surface area contributed by atoms with Gasteiger partial charge in [0.2, 0.25) is 0 Å². The summed E-state index contributed by atoms with van der Waals surface area (Å²) in [6, 6.07) is 7.81. The molecule has 0 unspecified atom stereocenters. The lowest BCUT2D eigenvalue weighted by Gasteiger charge is -2.58. The molecule has 0 atom stereocenters. The number of anilines is 1. The molecule has 1 aromatic carbocycles. The number of amides is 1. The van der Waals surface area contributed by atoms with Gasteiger partial charge in [0.15, 0.2) is 5.58 Å². The Labute approximate surface area is 174 Å². The second-order valence-electron chi connectivity index (χ2n) is 7.97. The summed E-state index contributed by atoms with van der Waals surface area (Å²) in [5, 5.41) is 3.40. The van der Waals surface area contributed by atoms with Crippen LogP contribution in [0.4, 0.5) is 19.2 Å². The predicted molar refractivity (Wildman–Crippen MR) is 103 cm³/mol. The Morgan fingerprint density at radius 2 is 2.00 bits per heavy atom. The number of hydrogen-bond donors (Lipinski definition) is 1. The zero-order valence-corrected chi connectivity index (χ0v) is 16.3. The third-order valence-electron chi connectivity index (χ3n) is 5.67. The van der Waals surface area contributed by atoms with Crippen molar-refractivity contribution >= 4 is 34.6 Å². The van der Waals surface area contributed by atoms with Crippen molar-refractivity contribution in [2.75, 3.05) is 18.0 Å². The van der Waals surface area contributed by atoms with Crippen LogP contribution in [-0.4, -0.2) is 35.0 Å². The van der Waals surface area contributed by atoms with Crippen molar-refractivity contribution in [1.29, 1.82) is 0 Å². The van der Waals surface area contributed by atoms with Crippen LogP contribution in [0.2, 0.25) is 5.02 Å². The average molecular weight is 437 g/mol. The lowest BCUT2D eigenvalue weighted by molar-refractivity contribution is -0.141. The second kappa shape index (κ2) is 6.60. The Balaban J connectivity index is 1.17. The first-order chi connectivity index (χ1) is 14.2. The maximum absolute atomic E-state index is 12.8. The molecule has 1 N–H and O–H groups in total. The summed E-state index contributed by atoms with van der Waals surface area (Å²) in [7, 11) is 0. The lowest BCUT2D eigenvalue weighted by atomic mass is 9.60. The van der Waals surface area contributed by atoms with Crippen molar-refractivity contribution in [3.63, 3.8) is 0 Å². The van der Waals surface area contributed by atoms with Gasteiger partial charge in [-0.15, -0.1) is 0 Å². The Hall–Kier alpha value is -2.81. The molecular weight excluding hydrogens is 421 g/mol. The van der Waals surface area contributed by atoms with E-state index in [4.69, 9.17) is 16.0 Å². The average Bonchev–Trinajstić information content (AvgIpc) is 3.04. The van der Waals surface area contributed by atoms with E-state index in [0.29, 0.717) is 22.1 Å². The van der Waals surface area contributed by atoms with Gasteiger partial charge in [-0.2, -0.15) is 18.2 Å². The van der Waals surface area contributed by atoms with Crippen molar-refractivity contribution < 1.29 is 22.4 Å². The second-order valence-corrected chi connectivity index (χ2v) is 8.41. The number of alkyl halides is 3. The number of nitrogens with zero attached hydrogens (tertiary/aromatic N) is 3. The molecule has 1 aliphatic heterocycles. The number of aromatic nitrogens is 2. The third-order valence-corrected chi connectivity index (χ3v) is 5.90. The normalized spacial score (nSPS) is 18.3. The minimum atomic E-state index is -4.58. The maximum atomic E-state index is 12.8. The number of carbonyl (C=O) groups excluding carboxylic acids is 1. The van der Waals surface area contributed by atoms with Crippen LogP contribution in [0, 0.1) is 5.41 Å². The monoisotopic (exact) mass is 436 g/mol. The van der Waals surface area contributed by atoms with Crippen LogP contribution in [0.15, 0.2) is 40.9 Å². The van der Waals surface area contributed by atoms with Crippen molar-refractivity contribution in [3.8, 4) is 0 Å². The van der Waals surface area contributed by atoms with Gasteiger partial charge in [0.1, 0.15) is 11.2 Å². The standard InChI is InChI=1S/C20H16ClF3N4O2/c21-12-1-2-15-14(6-12)27-18(30-15)28-9-19(10-28)7-13(8-19)26-17(29)11-3-4-25-16(5-11)20(22,23)24/h1-6,13H,7-10H2,(H,26,29). The molecule has 3 aromatic rings. The zero-order valence-electron chi connectivity index (χ0n) is 15.5. The van der Waals surface area contributed by atoms with Crippen molar-refractivity contribution in [1.82, 2.24) is 15.3 Å². The van der Waals surface area contributed by atoms with E-state index in [-0.39, 0.29) is 17.0 Å². The van der Waals surface area contributed by atoms with Crippen molar-refractivity contribution in [2.24, 2.45) is 5.41 Å². The van der Waals surface area contributed by atoms with Crippen LogP contribution in [0.3, 0.4) is 0 Å². The SMILES string of the molecule is O=C(NC1CC2(C1)CN(c1nc3cc(Cl)ccc3o1)C2)c1ccnc(C(F)(F)F)c1. The van der Waals surface area contributed by atoms with E-state index in [0.717, 1.165) is 38.2 Å². The summed E-state index contributed by atoms with van der Waals surface area (Å²) < 4.78 is 44.1. The van der Waals surface area contributed by atoms with E-state index < -0.39 is 17.8 Å². The molecule has 2 aliphatic rings. The smallest absolute Gasteiger partial charge is 0.423 e. The van der Waals surface area contributed by atoms with Gasteiger partial charge in [-0.05, 0) is 43.2 Å². The van der Waals surface area contributed by atoms with E-state index >= 15 is 0 Å². The number of carbonyl (C=O) groups is 1. The number of halogens is 4. The summed E-state index contributed by atoms with van der Waals surface area (Å²) in [6.45, 7) is 1.51. The summed E-state index contributed by atoms with van der Waals surface area (Å²) in [5.41, 5.74) is 0.330. The zero-order chi connectivity index (χ0) is 21.1. The van der Waals surface area contributed by atoms with Crippen LogP contribution >= 0.6 is 11.6 Å². The van der Waals surface area contributed by atoms with Crippen LogP contribution in [-0.2, 0) is 6.18 Å². The van der Waals surface area contributed by atoms with E-state index in [1.807, 2.05) is 4.90 Å². The predicted octanol–water partition coefficient (Wildman–Crippen LogP) is 4.29.